The number of likely N-dealkylation sites (tertiary alicyclic amines) is 1. The average molecular weight is 543 g/mol. The van der Waals surface area contributed by atoms with E-state index in [0.29, 0.717) is 41.1 Å². The third-order valence-electron chi connectivity index (χ3n) is 6.04. The van der Waals surface area contributed by atoms with Crippen molar-refractivity contribution in [2.24, 2.45) is 7.05 Å². The van der Waals surface area contributed by atoms with Crippen molar-refractivity contribution in [3.05, 3.63) is 65.4 Å². The van der Waals surface area contributed by atoms with E-state index in [4.69, 9.17) is 0 Å². The fraction of sp³-hybridized carbons (Fsp3) is 0.364. The van der Waals surface area contributed by atoms with E-state index in [1.54, 1.807) is 25.4 Å². The van der Waals surface area contributed by atoms with Crippen molar-refractivity contribution < 1.29 is 30.7 Å². The minimum atomic E-state index is -4.89. The third kappa shape index (κ3) is 5.34. The predicted octanol–water partition coefficient (Wildman–Crippen LogP) is 3.98. The Labute approximate surface area is 210 Å². The lowest BCUT2D eigenvalue weighted by Gasteiger charge is -2.44. The molecule has 38 heavy (non-hydrogen) atoms. The number of anilines is 2. The molecule has 5 rings (SSSR count). The maximum atomic E-state index is 13.6. The Morgan fingerprint density at radius 1 is 1.00 bits per heavy atom. The first-order valence-corrected chi connectivity index (χ1v) is 11.3. The van der Waals surface area contributed by atoms with Gasteiger partial charge >= 0.3 is 12.4 Å². The van der Waals surface area contributed by atoms with Crippen molar-refractivity contribution in [1.29, 1.82) is 0 Å². The first kappa shape index (κ1) is 25.7. The second kappa shape index (κ2) is 9.41. The van der Waals surface area contributed by atoms with Gasteiger partial charge < -0.3 is 10.6 Å². The Morgan fingerprint density at radius 3 is 2.29 bits per heavy atom. The third-order valence-corrected chi connectivity index (χ3v) is 6.04. The summed E-state index contributed by atoms with van der Waals surface area (Å²) in [5, 5.41) is 17.3. The summed E-state index contributed by atoms with van der Waals surface area (Å²) in [6.07, 6.45) is -8.06. The molecule has 16 heteroatoms. The molecule has 1 aliphatic heterocycles. The van der Waals surface area contributed by atoms with Crippen LogP contribution in [0.4, 0.5) is 42.4 Å². The maximum absolute atomic E-state index is 13.6. The Bertz CT molecular complexity index is 1420. The molecule has 4 heterocycles. The van der Waals surface area contributed by atoms with Crippen LogP contribution < -0.4 is 10.6 Å². The highest BCUT2D eigenvalue weighted by atomic mass is 19.4. The van der Waals surface area contributed by atoms with Gasteiger partial charge in [-0.3, -0.25) is 9.58 Å². The number of benzene rings is 1. The van der Waals surface area contributed by atoms with Crippen LogP contribution >= 0.6 is 0 Å². The van der Waals surface area contributed by atoms with Crippen molar-refractivity contribution in [3.8, 4) is 0 Å². The SMILES string of the molecule is Cn1cc(NC2CN([C@H](CNc3cc(C(F)(F)F)nc4cc(C(F)(F)F)nn34)c3ccc(F)cc3)C2)nn1. The molecule has 2 N–H and O–H groups in total. The molecule has 4 aromatic rings. The van der Waals surface area contributed by atoms with E-state index in [-0.39, 0.29) is 18.4 Å². The first-order valence-electron chi connectivity index (χ1n) is 11.3. The number of nitrogens with one attached hydrogen (secondary N) is 2. The van der Waals surface area contributed by atoms with Crippen LogP contribution in [0.25, 0.3) is 5.65 Å². The van der Waals surface area contributed by atoms with Gasteiger partial charge in [0.15, 0.2) is 22.9 Å². The molecule has 1 atom stereocenters. The van der Waals surface area contributed by atoms with Gasteiger partial charge in [0.1, 0.15) is 11.6 Å². The van der Waals surface area contributed by atoms with Crippen molar-refractivity contribution >= 4 is 17.3 Å². The van der Waals surface area contributed by atoms with Crippen LogP contribution in [-0.2, 0) is 19.4 Å². The molecular weight excluding hydrogens is 523 g/mol. The monoisotopic (exact) mass is 543 g/mol. The number of hydrogen-bond donors (Lipinski definition) is 2. The summed E-state index contributed by atoms with van der Waals surface area (Å²) in [4.78, 5) is 5.30. The molecule has 9 nitrogen and oxygen atoms in total. The van der Waals surface area contributed by atoms with E-state index in [1.165, 1.54) is 16.8 Å². The summed E-state index contributed by atoms with van der Waals surface area (Å²) in [6, 6.07) is 6.21. The van der Waals surface area contributed by atoms with Gasteiger partial charge in [0, 0.05) is 38.8 Å². The Hall–Kier alpha value is -3.95. The normalized spacial score (nSPS) is 16.0. The maximum Gasteiger partial charge on any atom is 0.435 e. The fourth-order valence-electron chi connectivity index (χ4n) is 4.21. The van der Waals surface area contributed by atoms with Gasteiger partial charge in [-0.2, -0.15) is 36.0 Å². The largest absolute Gasteiger partial charge is 0.435 e. The predicted molar refractivity (Wildman–Crippen MR) is 121 cm³/mol. The molecule has 0 amide bonds. The highest BCUT2D eigenvalue weighted by Gasteiger charge is 2.38. The van der Waals surface area contributed by atoms with Crippen LogP contribution in [0, 0.1) is 5.82 Å². The lowest BCUT2D eigenvalue weighted by atomic mass is 9.99. The Balaban J connectivity index is 1.41. The first-order chi connectivity index (χ1) is 17.9. The molecule has 1 aromatic carbocycles. The molecule has 0 saturated carbocycles. The van der Waals surface area contributed by atoms with Crippen molar-refractivity contribution in [2.75, 3.05) is 30.3 Å². The number of hydrogen-bond acceptors (Lipinski definition) is 7. The van der Waals surface area contributed by atoms with E-state index in [9.17, 15) is 30.7 Å². The lowest BCUT2D eigenvalue weighted by Crippen LogP contribution is -2.56. The Kier molecular flexibility index (Phi) is 6.36. The number of rotatable bonds is 7. The highest BCUT2D eigenvalue weighted by molar-refractivity contribution is 5.51. The molecule has 1 aliphatic rings. The van der Waals surface area contributed by atoms with Crippen LogP contribution in [0.3, 0.4) is 0 Å². The second-order valence-corrected chi connectivity index (χ2v) is 8.84. The van der Waals surface area contributed by atoms with E-state index < -0.39 is 41.2 Å². The molecule has 1 fully saturated rings. The molecule has 0 radical (unpaired) electrons. The number of aromatic nitrogens is 6. The van der Waals surface area contributed by atoms with Gasteiger partial charge in [-0.05, 0) is 17.7 Å². The molecule has 202 valence electrons. The van der Waals surface area contributed by atoms with Crippen molar-refractivity contribution in [2.45, 2.75) is 24.4 Å². The average Bonchev–Trinajstić information content (AvgIpc) is 3.43. The van der Waals surface area contributed by atoms with Crippen molar-refractivity contribution in [3.63, 3.8) is 0 Å². The van der Waals surface area contributed by atoms with E-state index in [1.807, 2.05) is 4.90 Å². The van der Waals surface area contributed by atoms with Crippen LogP contribution in [-0.4, -0.2) is 60.2 Å². The summed E-state index contributed by atoms with van der Waals surface area (Å²) in [6.45, 7) is 1.01. The van der Waals surface area contributed by atoms with Gasteiger partial charge in [-0.1, -0.05) is 17.3 Å². The number of alkyl halides is 6. The number of nitrogens with zero attached hydrogens (tertiary/aromatic N) is 7. The molecule has 0 spiro atoms. The van der Waals surface area contributed by atoms with E-state index in [0.717, 1.165) is 0 Å². The summed E-state index contributed by atoms with van der Waals surface area (Å²) in [5.74, 6) is -0.209. The molecule has 0 aliphatic carbocycles. The van der Waals surface area contributed by atoms with Crippen LogP contribution in [0.5, 0.6) is 0 Å². The minimum absolute atomic E-state index is 0.000397. The topological polar surface area (TPSA) is 88.2 Å². The van der Waals surface area contributed by atoms with Gasteiger partial charge in [-0.15, -0.1) is 5.10 Å². The molecule has 1 saturated heterocycles. The number of fused-ring (bicyclic) bond motifs is 1. The van der Waals surface area contributed by atoms with Crippen LogP contribution in [0.1, 0.15) is 23.0 Å². The quantitative estimate of drug-likeness (QED) is 0.341. The van der Waals surface area contributed by atoms with Gasteiger partial charge in [0.25, 0.3) is 0 Å². The molecule has 0 unspecified atom stereocenters. The van der Waals surface area contributed by atoms with E-state index in [2.05, 4.69) is 31.0 Å². The Morgan fingerprint density at radius 2 is 1.68 bits per heavy atom. The zero-order valence-corrected chi connectivity index (χ0v) is 19.6. The zero-order chi connectivity index (χ0) is 27.2. The molecular formula is C22H20F7N9. The van der Waals surface area contributed by atoms with Crippen LogP contribution in [0.2, 0.25) is 0 Å². The van der Waals surface area contributed by atoms with Gasteiger partial charge in [0.2, 0.25) is 0 Å². The summed E-state index contributed by atoms with van der Waals surface area (Å²) >= 11 is 0. The van der Waals surface area contributed by atoms with Crippen LogP contribution in [0.15, 0.2) is 42.6 Å². The second-order valence-electron chi connectivity index (χ2n) is 8.84. The van der Waals surface area contributed by atoms with Gasteiger partial charge in [-0.25, -0.2) is 9.37 Å². The molecule has 0 bridgehead atoms. The zero-order valence-electron chi connectivity index (χ0n) is 19.6. The summed E-state index contributed by atoms with van der Waals surface area (Å²) in [5.41, 5.74) is -2.68. The fourth-order valence-corrected chi connectivity index (χ4v) is 4.21. The highest BCUT2D eigenvalue weighted by Crippen LogP contribution is 2.34. The van der Waals surface area contributed by atoms with Gasteiger partial charge in [0.05, 0.1) is 18.3 Å². The lowest BCUT2D eigenvalue weighted by molar-refractivity contribution is -0.142. The summed E-state index contributed by atoms with van der Waals surface area (Å²) < 4.78 is 95.8. The summed E-state index contributed by atoms with van der Waals surface area (Å²) in [7, 11) is 1.72. The van der Waals surface area contributed by atoms with E-state index >= 15 is 0 Å². The standard InChI is InChI=1S/C22H20F7N9/c1-36-11-18(33-35-36)31-14-9-37(10-14)15(12-2-4-13(23)5-3-12)8-30-19-6-16(21(24,25)26)32-20-7-17(22(27,28)29)34-38(19)20/h2-7,11,14-15,30-31H,8-10H2,1H3/t15-/m1/s1. The minimum Gasteiger partial charge on any atom is -0.368 e. The number of aryl methyl sites for hydroxylation is 1. The van der Waals surface area contributed by atoms with Crippen molar-refractivity contribution in [1.82, 2.24) is 34.5 Å². The smallest absolute Gasteiger partial charge is 0.368 e. The number of halogens is 7. The molecule has 3 aromatic heterocycles.